The number of anilines is 1. The maximum atomic E-state index is 12.2. The first-order valence-electron chi connectivity index (χ1n) is 8.87. The van der Waals surface area contributed by atoms with Crippen molar-refractivity contribution in [2.45, 2.75) is 6.42 Å². The van der Waals surface area contributed by atoms with Crippen LogP contribution in [0.4, 0.5) is 5.82 Å². The number of amides is 1. The van der Waals surface area contributed by atoms with Crippen LogP contribution in [0.5, 0.6) is 11.8 Å². The Bertz CT molecular complexity index is 1100. The fraction of sp³-hybridized carbons (Fsp3) is 0.316. The Morgan fingerprint density at radius 2 is 1.83 bits per heavy atom. The zero-order chi connectivity index (χ0) is 20.7. The molecule has 2 N–H and O–H groups in total. The van der Waals surface area contributed by atoms with Crippen molar-refractivity contribution in [3.05, 3.63) is 24.7 Å². The van der Waals surface area contributed by atoms with Crippen LogP contribution >= 0.6 is 0 Å². The Labute approximate surface area is 165 Å². The van der Waals surface area contributed by atoms with Crippen LogP contribution in [0.1, 0.15) is 6.42 Å². The molecule has 3 aromatic heterocycles. The highest BCUT2D eigenvalue weighted by atomic mass is 16.5. The van der Waals surface area contributed by atoms with Crippen LogP contribution in [0.3, 0.4) is 0 Å². The fourth-order valence-corrected chi connectivity index (χ4v) is 3.40. The minimum Gasteiger partial charge on any atom is -0.481 e. The Kier molecular flexibility index (Phi) is 4.53. The largest absolute Gasteiger partial charge is 0.481 e. The third-order valence-electron chi connectivity index (χ3n) is 5.05. The number of nitrogens with zero attached hydrogens (tertiary/aromatic N) is 4. The van der Waals surface area contributed by atoms with Gasteiger partial charge >= 0.3 is 5.97 Å². The number of aryl methyl sites for hydroxylation is 1. The zero-order valence-electron chi connectivity index (χ0n) is 16.0. The van der Waals surface area contributed by atoms with Crippen molar-refractivity contribution in [1.82, 2.24) is 19.5 Å². The Hall–Kier alpha value is -3.69. The number of hydrogen-bond acceptors (Lipinski definition) is 7. The number of ether oxygens (including phenoxy) is 2. The molecular formula is C19H19N5O5. The number of carboxylic acids is 1. The van der Waals surface area contributed by atoms with Crippen LogP contribution in [-0.2, 0) is 16.6 Å². The van der Waals surface area contributed by atoms with E-state index in [0.717, 1.165) is 16.6 Å². The smallest absolute Gasteiger partial charge is 0.307 e. The van der Waals surface area contributed by atoms with Crippen LogP contribution in [0.25, 0.3) is 22.2 Å². The maximum Gasteiger partial charge on any atom is 0.307 e. The van der Waals surface area contributed by atoms with Gasteiger partial charge in [0.1, 0.15) is 17.7 Å². The lowest BCUT2D eigenvalue weighted by atomic mass is 10.2. The lowest BCUT2D eigenvalue weighted by molar-refractivity contribution is -0.139. The molecular weight excluding hydrogens is 378 g/mol. The number of methoxy groups -OCH3 is 2. The van der Waals surface area contributed by atoms with E-state index in [1.54, 1.807) is 12.3 Å². The SMILES string of the molecule is COc1ncnc(OC)c1-c1cc2cc(NC(=O)C3CC3C(=O)O)ncc2n1C. The minimum atomic E-state index is -0.950. The molecule has 0 spiro atoms. The second kappa shape index (κ2) is 7.04. The van der Waals surface area contributed by atoms with Gasteiger partial charge in [-0.3, -0.25) is 9.59 Å². The molecule has 4 rings (SSSR count). The van der Waals surface area contributed by atoms with Crippen molar-refractivity contribution < 1.29 is 24.2 Å². The van der Waals surface area contributed by atoms with Gasteiger partial charge in [0.25, 0.3) is 0 Å². The van der Waals surface area contributed by atoms with Gasteiger partial charge in [0.2, 0.25) is 17.7 Å². The van der Waals surface area contributed by atoms with E-state index in [1.165, 1.54) is 20.5 Å². The summed E-state index contributed by atoms with van der Waals surface area (Å²) in [5.41, 5.74) is 2.18. The number of rotatable bonds is 6. The molecule has 0 aliphatic heterocycles. The maximum absolute atomic E-state index is 12.2. The van der Waals surface area contributed by atoms with E-state index in [9.17, 15) is 9.59 Å². The number of aliphatic carboxylic acids is 1. The van der Waals surface area contributed by atoms with E-state index in [2.05, 4.69) is 20.3 Å². The van der Waals surface area contributed by atoms with Gasteiger partial charge in [0.05, 0.1) is 43.5 Å². The monoisotopic (exact) mass is 397 g/mol. The normalized spacial score (nSPS) is 17.8. The number of nitrogens with one attached hydrogen (secondary N) is 1. The van der Waals surface area contributed by atoms with E-state index in [4.69, 9.17) is 14.6 Å². The summed E-state index contributed by atoms with van der Waals surface area (Å²) in [6.45, 7) is 0. The predicted molar refractivity (Wildman–Crippen MR) is 103 cm³/mol. The first kappa shape index (κ1) is 18.7. The molecule has 1 fully saturated rings. The van der Waals surface area contributed by atoms with Gasteiger partial charge in [0, 0.05) is 12.4 Å². The number of fused-ring (bicyclic) bond motifs is 1. The van der Waals surface area contributed by atoms with Crippen LogP contribution in [0.15, 0.2) is 24.7 Å². The van der Waals surface area contributed by atoms with Gasteiger partial charge in [-0.15, -0.1) is 0 Å². The lowest BCUT2D eigenvalue weighted by Crippen LogP contribution is -2.17. The highest BCUT2D eigenvalue weighted by Gasteiger charge is 2.48. The summed E-state index contributed by atoms with van der Waals surface area (Å²) < 4.78 is 12.6. The molecule has 2 unspecified atom stereocenters. The molecule has 1 saturated carbocycles. The molecule has 150 valence electrons. The van der Waals surface area contributed by atoms with Crippen molar-refractivity contribution >= 4 is 28.6 Å². The molecule has 29 heavy (non-hydrogen) atoms. The predicted octanol–water partition coefficient (Wildman–Crippen LogP) is 1.71. The summed E-state index contributed by atoms with van der Waals surface area (Å²) >= 11 is 0. The molecule has 3 heterocycles. The highest BCUT2D eigenvalue weighted by molar-refractivity contribution is 5.99. The second-order valence-electron chi connectivity index (χ2n) is 6.76. The van der Waals surface area contributed by atoms with Crippen LogP contribution in [0.2, 0.25) is 0 Å². The number of aromatic nitrogens is 4. The van der Waals surface area contributed by atoms with Crippen molar-refractivity contribution in [3.8, 4) is 23.0 Å². The standard InChI is InChI=1S/C19H19N5O5/c1-24-12(15-17(28-2)21-8-22-18(15)29-3)4-9-5-14(20-7-13(9)24)23-16(25)10-6-11(10)19(26)27/h4-5,7-8,10-11H,6H2,1-3H3,(H,26,27)(H,20,23,25). The number of carbonyl (C=O) groups is 2. The summed E-state index contributed by atoms with van der Waals surface area (Å²) in [5.74, 6) is -1.30. The second-order valence-corrected chi connectivity index (χ2v) is 6.76. The number of carbonyl (C=O) groups excluding carboxylic acids is 1. The fourth-order valence-electron chi connectivity index (χ4n) is 3.40. The van der Waals surface area contributed by atoms with E-state index in [1.807, 2.05) is 17.7 Å². The molecule has 1 amide bonds. The van der Waals surface area contributed by atoms with Gasteiger partial charge < -0.3 is 24.5 Å². The first-order chi connectivity index (χ1) is 13.9. The van der Waals surface area contributed by atoms with Crippen LogP contribution < -0.4 is 14.8 Å². The average Bonchev–Trinajstić information content (AvgIpc) is 3.47. The molecule has 10 nitrogen and oxygen atoms in total. The lowest BCUT2D eigenvalue weighted by Gasteiger charge is -2.11. The third-order valence-corrected chi connectivity index (χ3v) is 5.05. The molecule has 0 saturated heterocycles. The topological polar surface area (TPSA) is 128 Å². The van der Waals surface area contributed by atoms with Crippen LogP contribution in [0, 0.1) is 11.8 Å². The molecule has 2 atom stereocenters. The molecule has 3 aromatic rings. The summed E-state index contributed by atoms with van der Waals surface area (Å²) in [5, 5.41) is 12.5. The van der Waals surface area contributed by atoms with Gasteiger partial charge in [-0.25, -0.2) is 15.0 Å². The summed E-state index contributed by atoms with van der Waals surface area (Å²) in [4.78, 5) is 35.8. The van der Waals surface area contributed by atoms with Gasteiger partial charge in [-0.2, -0.15) is 0 Å². The number of carboxylic acid groups (broad SMARTS) is 1. The Morgan fingerprint density at radius 3 is 2.41 bits per heavy atom. The molecule has 1 aliphatic rings. The van der Waals surface area contributed by atoms with Crippen LogP contribution in [-0.4, -0.2) is 50.7 Å². The van der Waals surface area contributed by atoms with E-state index in [-0.39, 0.29) is 5.91 Å². The third kappa shape index (κ3) is 3.22. The van der Waals surface area contributed by atoms with Crippen molar-refractivity contribution in [2.75, 3.05) is 19.5 Å². The van der Waals surface area contributed by atoms with Crippen molar-refractivity contribution in [2.24, 2.45) is 18.9 Å². The van der Waals surface area contributed by atoms with Gasteiger partial charge in [-0.05, 0) is 18.6 Å². The first-order valence-corrected chi connectivity index (χ1v) is 8.87. The molecule has 0 bridgehead atoms. The highest BCUT2D eigenvalue weighted by Crippen LogP contribution is 2.40. The number of pyridine rings is 1. The number of hydrogen-bond donors (Lipinski definition) is 2. The zero-order valence-corrected chi connectivity index (χ0v) is 16.0. The minimum absolute atomic E-state index is 0.333. The molecule has 0 aromatic carbocycles. The summed E-state index contributed by atoms with van der Waals surface area (Å²) in [6, 6.07) is 3.63. The molecule has 10 heteroatoms. The molecule has 1 aliphatic carbocycles. The van der Waals surface area contributed by atoms with E-state index < -0.39 is 17.8 Å². The van der Waals surface area contributed by atoms with E-state index >= 15 is 0 Å². The Balaban J connectivity index is 1.69. The quantitative estimate of drug-likeness (QED) is 0.643. The van der Waals surface area contributed by atoms with Crippen molar-refractivity contribution in [3.63, 3.8) is 0 Å². The summed E-state index contributed by atoms with van der Waals surface area (Å²) in [6.07, 6.45) is 3.35. The molecule has 0 radical (unpaired) electrons. The average molecular weight is 397 g/mol. The van der Waals surface area contributed by atoms with Gasteiger partial charge in [-0.1, -0.05) is 0 Å². The Morgan fingerprint density at radius 1 is 1.14 bits per heavy atom. The van der Waals surface area contributed by atoms with Crippen molar-refractivity contribution in [1.29, 1.82) is 0 Å². The summed E-state index contributed by atoms with van der Waals surface area (Å²) in [7, 11) is 4.90. The van der Waals surface area contributed by atoms with E-state index in [0.29, 0.717) is 29.6 Å². The van der Waals surface area contributed by atoms with Gasteiger partial charge in [0.15, 0.2) is 0 Å².